The molecular weight excluding hydrogens is 859 g/mol. The van der Waals surface area contributed by atoms with E-state index in [0.717, 1.165) is 0 Å². The lowest BCUT2D eigenvalue weighted by Crippen LogP contribution is -2.60. The second kappa shape index (κ2) is 27.9. The standard InChI is InChI=1S/C39H61N13O9S2/c1-21(2)14-24(40)32(54)47-26(11-13-63-3)34(56)49-27(15-22-8-5-4-6-9-22)35(57)48-25(10-7-12-45-39(42)43)33(55)50-28(16-23-18-44-20-46-23)36(58)51-29(17-31(41)53)37(59)52-30(19-62)38(60)61/h4-6,8-9,18,20-21,24-30,62H,7,10-17,19,40H2,1-3H3,(H2,41,53)(H,44,46)(H,47,54)(H,48,57)(H,49,56)(H,50,55)(H,51,58)(H,52,59)(H,60,61)(H4,42,43,45)/t24-,25-,26-,27-,28-,29-,30-/m0/s1. The molecule has 0 bridgehead atoms. The summed E-state index contributed by atoms with van der Waals surface area (Å²) in [6, 6.07) is -0.446. The Morgan fingerprint density at radius 3 is 1.81 bits per heavy atom. The lowest BCUT2D eigenvalue weighted by molar-refractivity contribution is -0.141. The Balaban J connectivity index is 2.49. The van der Waals surface area contributed by atoms with Gasteiger partial charge in [0.2, 0.25) is 41.4 Å². The first-order valence-electron chi connectivity index (χ1n) is 20.1. The number of aromatic amines is 1. The van der Waals surface area contributed by atoms with E-state index >= 15 is 0 Å². The minimum atomic E-state index is -1.66. The van der Waals surface area contributed by atoms with Crippen molar-refractivity contribution in [2.24, 2.45) is 33.8 Å². The number of carbonyl (C=O) groups excluding carboxylic acids is 7. The molecule has 0 aliphatic rings. The summed E-state index contributed by atoms with van der Waals surface area (Å²) in [7, 11) is 0. The van der Waals surface area contributed by atoms with Gasteiger partial charge in [-0.05, 0) is 49.2 Å². The van der Waals surface area contributed by atoms with Crippen LogP contribution in [0.15, 0.2) is 47.8 Å². The SMILES string of the molecule is CSCC[C@H](NC(=O)[C@@H](N)CC(C)C)C(=O)N[C@@H](Cc1ccccc1)C(=O)N[C@@H](CCCN=C(N)N)C(=O)N[C@@H](Cc1cnc[nH]1)C(=O)N[C@@H](CC(N)=O)C(=O)N[C@@H](CS)C(=O)O. The first-order valence-corrected chi connectivity index (χ1v) is 22.1. The molecule has 0 aliphatic carbocycles. The number of hydrogen-bond donors (Lipinski definition) is 13. The summed E-state index contributed by atoms with van der Waals surface area (Å²) < 4.78 is 0. The Labute approximate surface area is 375 Å². The molecule has 0 aliphatic heterocycles. The van der Waals surface area contributed by atoms with Crippen LogP contribution in [-0.2, 0) is 51.2 Å². The van der Waals surface area contributed by atoms with Gasteiger partial charge in [0.05, 0.1) is 18.8 Å². The highest BCUT2D eigenvalue weighted by atomic mass is 32.2. The third kappa shape index (κ3) is 20.2. The molecule has 1 aromatic carbocycles. The molecule has 24 heteroatoms. The third-order valence-electron chi connectivity index (χ3n) is 9.25. The first-order chi connectivity index (χ1) is 29.8. The molecule has 0 saturated carbocycles. The van der Waals surface area contributed by atoms with Crippen LogP contribution < -0.4 is 54.8 Å². The van der Waals surface area contributed by atoms with E-state index < -0.39 is 96.0 Å². The summed E-state index contributed by atoms with van der Waals surface area (Å²) in [5, 5.41) is 24.7. The topological polar surface area (TPSA) is 374 Å². The fourth-order valence-electron chi connectivity index (χ4n) is 6.01. The molecule has 7 atom stereocenters. The zero-order valence-electron chi connectivity index (χ0n) is 35.5. The number of hydrogen-bond acceptors (Lipinski definition) is 13. The van der Waals surface area contributed by atoms with Crippen LogP contribution in [0.1, 0.15) is 57.2 Å². The number of amides is 7. The molecule has 0 radical (unpaired) electrons. The second-order valence-electron chi connectivity index (χ2n) is 15.0. The van der Waals surface area contributed by atoms with Crippen LogP contribution in [0, 0.1) is 5.92 Å². The van der Waals surface area contributed by atoms with Crippen molar-refractivity contribution in [1.29, 1.82) is 0 Å². The number of nitrogens with one attached hydrogen (secondary N) is 7. The number of thioether (sulfide) groups is 1. The molecule has 16 N–H and O–H groups in total. The van der Waals surface area contributed by atoms with E-state index in [9.17, 15) is 43.5 Å². The number of carbonyl (C=O) groups is 8. The van der Waals surface area contributed by atoms with E-state index in [0.29, 0.717) is 23.4 Å². The van der Waals surface area contributed by atoms with Crippen molar-refractivity contribution in [3.8, 4) is 0 Å². The number of rotatable bonds is 29. The number of aromatic nitrogens is 2. The molecule has 1 aromatic heterocycles. The summed E-state index contributed by atoms with van der Waals surface area (Å²) in [4.78, 5) is 117. The average molecular weight is 920 g/mol. The van der Waals surface area contributed by atoms with Gasteiger partial charge in [0.25, 0.3) is 0 Å². The molecular formula is C39H61N13O9S2. The Hall–Kier alpha value is -5.88. The number of imidazole rings is 1. The van der Waals surface area contributed by atoms with Crippen molar-refractivity contribution >= 4 is 77.7 Å². The minimum absolute atomic E-state index is 0.0268. The molecule has 0 fully saturated rings. The quantitative estimate of drug-likeness (QED) is 0.0169. The van der Waals surface area contributed by atoms with E-state index in [1.807, 2.05) is 20.1 Å². The average Bonchev–Trinajstić information content (AvgIpc) is 3.74. The van der Waals surface area contributed by atoms with Crippen LogP contribution in [0.5, 0.6) is 0 Å². The predicted molar refractivity (Wildman–Crippen MR) is 240 cm³/mol. The number of aliphatic carboxylic acids is 1. The Bertz CT molecular complexity index is 1850. The smallest absolute Gasteiger partial charge is 0.327 e. The van der Waals surface area contributed by atoms with Crippen LogP contribution in [0.4, 0.5) is 0 Å². The molecule has 348 valence electrons. The predicted octanol–water partition coefficient (Wildman–Crippen LogP) is -2.83. The van der Waals surface area contributed by atoms with E-state index in [4.69, 9.17) is 22.9 Å². The second-order valence-corrected chi connectivity index (χ2v) is 16.3. The fraction of sp³-hybridized carbons (Fsp3) is 0.538. The van der Waals surface area contributed by atoms with Gasteiger partial charge >= 0.3 is 5.97 Å². The number of carboxylic acid groups (broad SMARTS) is 1. The van der Waals surface area contributed by atoms with Crippen molar-refractivity contribution in [1.82, 2.24) is 41.9 Å². The molecule has 0 spiro atoms. The largest absolute Gasteiger partial charge is 0.480 e. The summed E-state index contributed by atoms with van der Waals surface area (Å²) in [5.74, 6) is -7.23. The highest BCUT2D eigenvalue weighted by Gasteiger charge is 2.34. The summed E-state index contributed by atoms with van der Waals surface area (Å²) in [6.07, 6.45) is 4.23. The lowest BCUT2D eigenvalue weighted by atomic mass is 10.0. The number of primary amides is 1. The number of H-pyrrole nitrogens is 1. The van der Waals surface area contributed by atoms with Crippen LogP contribution in [-0.4, -0.2) is 135 Å². The third-order valence-corrected chi connectivity index (χ3v) is 10.3. The fourth-order valence-corrected chi connectivity index (χ4v) is 6.73. The highest BCUT2D eigenvalue weighted by molar-refractivity contribution is 7.98. The van der Waals surface area contributed by atoms with Crippen LogP contribution >= 0.6 is 24.4 Å². The molecule has 7 amide bonds. The summed E-state index contributed by atoms with van der Waals surface area (Å²) in [6.45, 7) is 3.87. The van der Waals surface area contributed by atoms with Gasteiger partial charge < -0.3 is 64.9 Å². The van der Waals surface area contributed by atoms with Crippen molar-refractivity contribution in [2.75, 3.05) is 24.3 Å². The van der Waals surface area contributed by atoms with E-state index in [-0.39, 0.29) is 56.3 Å². The van der Waals surface area contributed by atoms with Gasteiger partial charge in [0, 0.05) is 37.0 Å². The monoisotopic (exact) mass is 919 g/mol. The Morgan fingerprint density at radius 2 is 1.29 bits per heavy atom. The van der Waals surface area contributed by atoms with Gasteiger partial charge in [0.15, 0.2) is 5.96 Å². The van der Waals surface area contributed by atoms with E-state index in [2.05, 4.69) is 59.5 Å². The molecule has 0 unspecified atom stereocenters. The molecule has 2 aromatic rings. The maximum atomic E-state index is 14.3. The van der Waals surface area contributed by atoms with Crippen molar-refractivity contribution < 1.29 is 43.5 Å². The van der Waals surface area contributed by atoms with Gasteiger partial charge in [-0.2, -0.15) is 24.4 Å². The number of guanidine groups is 1. The Morgan fingerprint density at radius 1 is 0.762 bits per heavy atom. The van der Waals surface area contributed by atoms with Crippen LogP contribution in [0.2, 0.25) is 0 Å². The van der Waals surface area contributed by atoms with E-state index in [1.165, 1.54) is 24.3 Å². The Kier molecular flexibility index (Phi) is 23.6. The number of aliphatic imine (C=N–C) groups is 1. The van der Waals surface area contributed by atoms with Gasteiger partial charge in [0.1, 0.15) is 36.3 Å². The molecule has 1 heterocycles. The van der Waals surface area contributed by atoms with Gasteiger partial charge in [-0.15, -0.1) is 0 Å². The van der Waals surface area contributed by atoms with E-state index in [1.54, 1.807) is 30.3 Å². The molecule has 0 saturated heterocycles. The zero-order valence-corrected chi connectivity index (χ0v) is 37.2. The first kappa shape index (κ1) is 53.3. The van der Waals surface area contributed by atoms with Crippen molar-refractivity contribution in [2.45, 2.75) is 101 Å². The van der Waals surface area contributed by atoms with Crippen LogP contribution in [0.25, 0.3) is 0 Å². The number of carboxylic acids is 1. The molecule has 63 heavy (non-hydrogen) atoms. The highest BCUT2D eigenvalue weighted by Crippen LogP contribution is 2.11. The number of nitrogens with zero attached hydrogens (tertiary/aromatic N) is 2. The van der Waals surface area contributed by atoms with Gasteiger partial charge in [-0.1, -0.05) is 44.2 Å². The normalized spacial score (nSPS) is 14.3. The number of benzene rings is 1. The number of thiol groups is 1. The maximum absolute atomic E-state index is 14.3. The molecule has 2 rings (SSSR count). The van der Waals surface area contributed by atoms with Crippen molar-refractivity contribution in [3.05, 3.63) is 54.1 Å². The molecule has 22 nitrogen and oxygen atoms in total. The number of nitrogens with two attached hydrogens (primary N) is 4. The summed E-state index contributed by atoms with van der Waals surface area (Å²) >= 11 is 5.37. The lowest BCUT2D eigenvalue weighted by Gasteiger charge is -2.27. The van der Waals surface area contributed by atoms with Gasteiger partial charge in [-0.25, -0.2) is 9.78 Å². The minimum Gasteiger partial charge on any atom is -0.480 e. The summed E-state index contributed by atoms with van der Waals surface area (Å²) in [5.41, 5.74) is 23.5. The maximum Gasteiger partial charge on any atom is 0.327 e. The van der Waals surface area contributed by atoms with Gasteiger partial charge in [-0.3, -0.25) is 38.6 Å². The zero-order chi connectivity index (χ0) is 47.1. The van der Waals surface area contributed by atoms with Crippen LogP contribution in [0.3, 0.4) is 0 Å². The van der Waals surface area contributed by atoms with Crippen molar-refractivity contribution in [3.63, 3.8) is 0 Å².